The first-order chi connectivity index (χ1) is 22.5. The van der Waals surface area contributed by atoms with Crippen LogP contribution in [0.25, 0.3) is 40.3 Å². The van der Waals surface area contributed by atoms with Crippen LogP contribution >= 0.6 is 22.7 Å². The molecule has 6 rings (SSSR count). The topological polar surface area (TPSA) is 105 Å². The smallest absolute Gasteiger partial charge is 0.344 e. The lowest BCUT2D eigenvalue weighted by Crippen LogP contribution is -2.16. The lowest BCUT2D eigenvalue weighted by Gasteiger charge is -2.09. The van der Waals surface area contributed by atoms with Gasteiger partial charge in [0.1, 0.15) is 11.5 Å². The zero-order chi connectivity index (χ0) is 31.9. The van der Waals surface area contributed by atoms with E-state index in [4.69, 9.17) is 18.9 Å². The van der Waals surface area contributed by atoms with Crippen molar-refractivity contribution in [2.75, 3.05) is 26.4 Å². The predicted molar refractivity (Wildman–Crippen MR) is 183 cm³/mol. The summed E-state index contributed by atoms with van der Waals surface area (Å²) in [4.78, 5) is 50.0. The van der Waals surface area contributed by atoms with Crippen molar-refractivity contribution >= 4 is 75.0 Å². The van der Waals surface area contributed by atoms with Crippen molar-refractivity contribution in [2.24, 2.45) is 0 Å². The van der Waals surface area contributed by atoms with Gasteiger partial charge in [-0.25, -0.2) is 9.59 Å². The summed E-state index contributed by atoms with van der Waals surface area (Å²) >= 11 is 3.07. The van der Waals surface area contributed by atoms with Crippen LogP contribution in [0, 0.1) is 0 Å². The number of unbranched alkanes of at least 4 members (excludes halogenated alkanes) is 3. The molecule has 0 atom stereocenters. The number of carbonyl (C=O) groups is 2. The number of benzene rings is 4. The van der Waals surface area contributed by atoms with Crippen LogP contribution in [0.2, 0.25) is 0 Å². The van der Waals surface area contributed by atoms with Crippen molar-refractivity contribution in [2.45, 2.75) is 25.7 Å². The van der Waals surface area contributed by atoms with E-state index in [1.54, 1.807) is 24.3 Å². The van der Waals surface area contributed by atoms with Crippen LogP contribution in [0.15, 0.2) is 94.5 Å². The quantitative estimate of drug-likeness (QED) is 0.0729. The van der Waals surface area contributed by atoms with Gasteiger partial charge >= 0.3 is 11.9 Å². The summed E-state index contributed by atoms with van der Waals surface area (Å²) < 4.78 is 25.3. The Hall–Kier alpha value is -4.80. The van der Waals surface area contributed by atoms with E-state index in [0.717, 1.165) is 31.6 Å². The SMILES string of the molecule is O=C(COc1ccc2sc3ccccc3c(=O)c2c1)OCCCCCCOC(=O)COc1ccc2sc3ccccc3c(=O)c2c1. The van der Waals surface area contributed by atoms with Gasteiger partial charge < -0.3 is 18.9 Å². The van der Waals surface area contributed by atoms with E-state index in [1.165, 1.54) is 22.7 Å². The molecule has 234 valence electrons. The second kappa shape index (κ2) is 14.5. The van der Waals surface area contributed by atoms with Crippen molar-refractivity contribution in [1.29, 1.82) is 0 Å². The molecule has 0 radical (unpaired) electrons. The fourth-order valence-electron chi connectivity index (χ4n) is 5.04. The Balaban J connectivity index is 0.849. The zero-order valence-electron chi connectivity index (χ0n) is 24.8. The molecular weight excluding hydrogens is 625 g/mol. The molecule has 0 aliphatic rings. The van der Waals surface area contributed by atoms with Crippen molar-refractivity contribution in [1.82, 2.24) is 0 Å². The molecule has 2 heterocycles. The van der Waals surface area contributed by atoms with Crippen molar-refractivity contribution in [3.63, 3.8) is 0 Å². The third-order valence-corrected chi connectivity index (χ3v) is 9.68. The summed E-state index contributed by atoms with van der Waals surface area (Å²) in [5, 5.41) is 2.45. The molecule has 8 nitrogen and oxygen atoms in total. The zero-order valence-corrected chi connectivity index (χ0v) is 26.5. The monoisotopic (exact) mass is 654 g/mol. The van der Waals surface area contributed by atoms with Gasteiger partial charge in [-0.3, -0.25) is 9.59 Å². The normalized spacial score (nSPS) is 11.2. The average Bonchev–Trinajstić information content (AvgIpc) is 3.08. The first kappa shape index (κ1) is 31.2. The molecule has 0 amide bonds. The van der Waals surface area contributed by atoms with Crippen LogP contribution in [-0.2, 0) is 19.1 Å². The first-order valence-corrected chi connectivity index (χ1v) is 16.6. The summed E-state index contributed by atoms with van der Waals surface area (Å²) in [7, 11) is 0. The number of esters is 2. The van der Waals surface area contributed by atoms with Crippen LogP contribution in [0.4, 0.5) is 0 Å². The van der Waals surface area contributed by atoms with Crippen LogP contribution < -0.4 is 20.3 Å². The average molecular weight is 655 g/mol. The molecule has 0 saturated heterocycles. The Morgan fingerprint density at radius 2 is 0.913 bits per heavy atom. The van der Waals surface area contributed by atoms with E-state index < -0.39 is 11.9 Å². The fourth-order valence-corrected chi connectivity index (χ4v) is 7.15. The molecule has 0 bridgehead atoms. The maximum Gasteiger partial charge on any atom is 0.344 e. The van der Waals surface area contributed by atoms with E-state index >= 15 is 0 Å². The Morgan fingerprint density at radius 3 is 1.37 bits per heavy atom. The van der Waals surface area contributed by atoms with Crippen molar-refractivity contribution in [3.8, 4) is 11.5 Å². The number of fused-ring (bicyclic) bond motifs is 4. The molecule has 0 fully saturated rings. The van der Waals surface area contributed by atoms with Crippen LogP contribution in [0.1, 0.15) is 25.7 Å². The summed E-state index contributed by atoms with van der Waals surface area (Å²) in [6.45, 7) is 0.0331. The number of carbonyl (C=O) groups excluding carboxylic acids is 2. The standard InChI is InChI=1S/C36H30O8S2/c37-33(21-43-23-13-15-31-27(19-23)35(39)25-9-3-5-11-29(25)45-31)41-17-7-1-2-8-18-42-34(38)22-44-24-14-16-32-28(20-24)36(40)26-10-4-6-12-30(26)46-32/h3-6,9-16,19-20H,1-2,7-8,17-18,21-22H2. The van der Waals surface area contributed by atoms with Gasteiger partial charge in [0.2, 0.25) is 0 Å². The molecule has 0 spiro atoms. The van der Waals surface area contributed by atoms with Gasteiger partial charge in [0.05, 0.1) is 13.2 Å². The molecule has 46 heavy (non-hydrogen) atoms. The molecule has 4 aromatic carbocycles. The van der Waals surface area contributed by atoms with E-state index in [9.17, 15) is 19.2 Å². The van der Waals surface area contributed by atoms with Crippen molar-refractivity contribution in [3.05, 3.63) is 105 Å². The minimum Gasteiger partial charge on any atom is -0.482 e. The first-order valence-electron chi connectivity index (χ1n) is 14.9. The van der Waals surface area contributed by atoms with Gasteiger partial charge in [-0.05, 0) is 86.3 Å². The maximum atomic E-state index is 12.9. The summed E-state index contributed by atoms with van der Waals surface area (Å²) in [5.41, 5.74) is -0.119. The molecule has 0 aliphatic carbocycles. The summed E-state index contributed by atoms with van der Waals surface area (Å²) in [6.07, 6.45) is 2.95. The lowest BCUT2D eigenvalue weighted by atomic mass is 10.2. The second-order valence-electron chi connectivity index (χ2n) is 10.6. The van der Waals surface area contributed by atoms with E-state index in [1.807, 2.05) is 60.7 Å². The second-order valence-corrected chi connectivity index (χ2v) is 12.8. The minimum atomic E-state index is -0.482. The highest BCUT2D eigenvalue weighted by molar-refractivity contribution is 7.24. The van der Waals surface area contributed by atoms with Gasteiger partial charge in [-0.2, -0.15) is 0 Å². The third-order valence-electron chi connectivity index (χ3n) is 7.37. The Kier molecular flexibility index (Phi) is 9.85. The highest BCUT2D eigenvalue weighted by atomic mass is 32.1. The molecule has 2 aromatic heterocycles. The van der Waals surface area contributed by atoms with E-state index in [-0.39, 0.29) is 37.3 Å². The molecule has 6 aromatic rings. The summed E-state index contributed by atoms with van der Waals surface area (Å²) in [6, 6.07) is 25.4. The number of hydrogen-bond donors (Lipinski definition) is 0. The Morgan fingerprint density at radius 1 is 0.500 bits per heavy atom. The van der Waals surface area contributed by atoms with Gasteiger partial charge in [0, 0.05) is 40.3 Å². The van der Waals surface area contributed by atoms with E-state index in [2.05, 4.69) is 0 Å². The van der Waals surface area contributed by atoms with Crippen molar-refractivity contribution < 1.29 is 28.5 Å². The van der Waals surface area contributed by atoms with Gasteiger partial charge in [0.15, 0.2) is 24.1 Å². The molecule has 0 N–H and O–H groups in total. The molecule has 10 heteroatoms. The third kappa shape index (κ3) is 7.35. The van der Waals surface area contributed by atoms with Gasteiger partial charge in [0.25, 0.3) is 0 Å². The fraction of sp³-hybridized carbons (Fsp3) is 0.222. The number of ether oxygens (including phenoxy) is 4. The highest BCUT2D eigenvalue weighted by Gasteiger charge is 2.11. The van der Waals surface area contributed by atoms with Gasteiger partial charge in [-0.15, -0.1) is 22.7 Å². The highest BCUT2D eigenvalue weighted by Crippen LogP contribution is 2.28. The van der Waals surface area contributed by atoms with E-state index in [0.29, 0.717) is 45.9 Å². The van der Waals surface area contributed by atoms with Gasteiger partial charge in [-0.1, -0.05) is 24.3 Å². The predicted octanol–water partition coefficient (Wildman–Crippen LogP) is 7.25. The summed E-state index contributed by atoms with van der Waals surface area (Å²) in [5.74, 6) is -0.0897. The lowest BCUT2D eigenvalue weighted by molar-refractivity contribution is -0.147. The molecule has 0 aliphatic heterocycles. The maximum absolute atomic E-state index is 12.9. The number of rotatable bonds is 13. The molecule has 0 saturated carbocycles. The Labute approximate surface area is 271 Å². The number of hydrogen-bond acceptors (Lipinski definition) is 10. The van der Waals surface area contributed by atoms with Crippen LogP contribution in [0.3, 0.4) is 0 Å². The molecule has 0 unspecified atom stereocenters. The van der Waals surface area contributed by atoms with Crippen LogP contribution in [0.5, 0.6) is 11.5 Å². The Bertz CT molecular complexity index is 2010. The minimum absolute atomic E-state index is 0.0596. The van der Waals surface area contributed by atoms with Crippen LogP contribution in [-0.4, -0.2) is 38.4 Å². The molecular formula is C36H30O8S2. The largest absolute Gasteiger partial charge is 0.482 e.